The van der Waals surface area contributed by atoms with Gasteiger partial charge >= 0.3 is 0 Å². The molecule has 4 heteroatoms. The largest absolute Gasteiger partial charge is 0.464 e. The Morgan fingerprint density at radius 3 is 3.06 bits per heavy atom. The summed E-state index contributed by atoms with van der Waals surface area (Å²) in [6.45, 7) is 3.11. The number of halogens is 1. The average Bonchev–Trinajstić information content (AvgIpc) is 2.82. The number of hydrogen-bond donors (Lipinski definition) is 1. The summed E-state index contributed by atoms with van der Waals surface area (Å²) in [7, 11) is 4.08. The molecule has 1 atom stereocenters. The Bertz CT molecular complexity index is 351. The smallest absolute Gasteiger partial charge is 0.127 e. The van der Waals surface area contributed by atoms with Gasteiger partial charge < -0.3 is 14.6 Å². The molecule has 0 aromatic carbocycles. The minimum atomic E-state index is 0.473. The first kappa shape index (κ1) is 12.0. The molecule has 1 fully saturated rings. The molecular formula is C12H19ClN2O. The van der Waals surface area contributed by atoms with Crippen LogP contribution in [0.5, 0.6) is 0 Å². The number of likely N-dealkylation sites (tertiary alicyclic amines) is 1. The molecule has 2 rings (SSSR count). The van der Waals surface area contributed by atoms with Gasteiger partial charge in [-0.3, -0.25) is 0 Å². The van der Waals surface area contributed by atoms with Crippen LogP contribution >= 0.6 is 11.6 Å². The van der Waals surface area contributed by atoms with Crippen LogP contribution in [0.2, 0.25) is 5.02 Å². The van der Waals surface area contributed by atoms with Crippen molar-refractivity contribution in [2.24, 2.45) is 0 Å². The summed E-state index contributed by atoms with van der Waals surface area (Å²) in [4.78, 5) is 2.32. The van der Waals surface area contributed by atoms with E-state index in [1.54, 1.807) is 0 Å². The third-order valence-electron chi connectivity index (χ3n) is 3.15. The van der Waals surface area contributed by atoms with Gasteiger partial charge in [-0.1, -0.05) is 11.6 Å². The topological polar surface area (TPSA) is 28.4 Å². The second-order valence-corrected chi connectivity index (χ2v) is 4.93. The fraction of sp³-hybridized carbons (Fsp3) is 0.667. The van der Waals surface area contributed by atoms with Crippen molar-refractivity contribution < 1.29 is 4.42 Å². The van der Waals surface area contributed by atoms with Crippen molar-refractivity contribution in [3.8, 4) is 0 Å². The lowest BCUT2D eigenvalue weighted by atomic mass is 10.1. The predicted octanol–water partition coefficient (Wildman–Crippen LogP) is 2.11. The van der Waals surface area contributed by atoms with Crippen molar-refractivity contribution in [2.45, 2.75) is 18.8 Å². The second kappa shape index (κ2) is 5.21. The molecule has 0 aliphatic carbocycles. The maximum absolute atomic E-state index is 6.22. The summed E-state index contributed by atoms with van der Waals surface area (Å²) in [5.74, 6) is 2.45. The van der Waals surface area contributed by atoms with Gasteiger partial charge in [0, 0.05) is 25.4 Å². The molecule has 0 bridgehead atoms. The third kappa shape index (κ3) is 2.59. The van der Waals surface area contributed by atoms with Crippen molar-refractivity contribution in [1.82, 2.24) is 10.2 Å². The molecule has 0 spiro atoms. The van der Waals surface area contributed by atoms with E-state index in [1.165, 1.54) is 0 Å². The molecule has 1 N–H and O–H groups in total. The van der Waals surface area contributed by atoms with E-state index in [0.717, 1.165) is 49.0 Å². The summed E-state index contributed by atoms with van der Waals surface area (Å²) >= 11 is 6.22. The zero-order valence-electron chi connectivity index (χ0n) is 9.92. The second-order valence-electron chi connectivity index (χ2n) is 4.53. The summed E-state index contributed by atoms with van der Waals surface area (Å²) in [6.07, 6.45) is 2.05. The lowest BCUT2D eigenvalue weighted by Gasteiger charge is -2.08. The van der Waals surface area contributed by atoms with Gasteiger partial charge in [-0.2, -0.15) is 0 Å². The Morgan fingerprint density at radius 1 is 1.62 bits per heavy atom. The Kier molecular flexibility index (Phi) is 3.90. The fourth-order valence-electron chi connectivity index (χ4n) is 2.23. The first-order chi connectivity index (χ1) is 7.70. The maximum atomic E-state index is 6.22. The van der Waals surface area contributed by atoms with Gasteiger partial charge in [-0.15, -0.1) is 0 Å². The van der Waals surface area contributed by atoms with Crippen molar-refractivity contribution in [2.75, 3.05) is 33.7 Å². The molecule has 16 heavy (non-hydrogen) atoms. The number of nitrogens with zero attached hydrogens (tertiary/aromatic N) is 1. The molecular weight excluding hydrogens is 224 g/mol. The standard InChI is InChI=1S/C12H19ClN2O/c1-14-5-3-10-7-11(13)12(16-10)9-4-6-15(2)8-9/h7,9,14H,3-6,8H2,1-2H3. The molecule has 1 aromatic heterocycles. The summed E-state index contributed by atoms with van der Waals surface area (Å²) < 4.78 is 5.85. The molecule has 1 aromatic rings. The lowest BCUT2D eigenvalue weighted by molar-refractivity contribution is 0.389. The van der Waals surface area contributed by atoms with Crippen LogP contribution in [0.1, 0.15) is 23.9 Å². The molecule has 1 aliphatic rings. The minimum Gasteiger partial charge on any atom is -0.464 e. The van der Waals surface area contributed by atoms with Gasteiger partial charge in [0.1, 0.15) is 11.5 Å². The van der Waals surface area contributed by atoms with Crippen molar-refractivity contribution >= 4 is 11.6 Å². The minimum absolute atomic E-state index is 0.473. The molecule has 1 unspecified atom stereocenters. The van der Waals surface area contributed by atoms with E-state index in [2.05, 4.69) is 17.3 Å². The van der Waals surface area contributed by atoms with Crippen LogP contribution in [0.25, 0.3) is 0 Å². The SMILES string of the molecule is CNCCc1cc(Cl)c(C2CCN(C)C2)o1. The molecule has 90 valence electrons. The highest BCUT2D eigenvalue weighted by atomic mass is 35.5. The van der Waals surface area contributed by atoms with E-state index in [4.69, 9.17) is 16.0 Å². The van der Waals surface area contributed by atoms with Crippen molar-refractivity contribution in [3.05, 3.63) is 22.6 Å². The first-order valence-corrected chi connectivity index (χ1v) is 6.19. The van der Waals surface area contributed by atoms with E-state index >= 15 is 0 Å². The number of hydrogen-bond acceptors (Lipinski definition) is 3. The van der Waals surface area contributed by atoms with Gasteiger partial charge in [0.15, 0.2) is 0 Å². The quantitative estimate of drug-likeness (QED) is 0.877. The van der Waals surface area contributed by atoms with Gasteiger partial charge in [0.2, 0.25) is 0 Å². The van der Waals surface area contributed by atoms with Crippen molar-refractivity contribution in [3.63, 3.8) is 0 Å². The Morgan fingerprint density at radius 2 is 2.44 bits per heavy atom. The van der Waals surface area contributed by atoms with Crippen LogP contribution in [0.3, 0.4) is 0 Å². The monoisotopic (exact) mass is 242 g/mol. The molecule has 1 aliphatic heterocycles. The molecule has 0 saturated carbocycles. The normalized spacial score (nSPS) is 21.8. The third-order valence-corrected chi connectivity index (χ3v) is 3.44. The molecule has 0 amide bonds. The van der Waals surface area contributed by atoms with Gasteiger partial charge in [0.05, 0.1) is 5.02 Å². The van der Waals surface area contributed by atoms with Crippen LogP contribution < -0.4 is 5.32 Å². The summed E-state index contributed by atoms with van der Waals surface area (Å²) in [5.41, 5.74) is 0. The predicted molar refractivity (Wildman–Crippen MR) is 66.2 cm³/mol. The van der Waals surface area contributed by atoms with E-state index < -0.39 is 0 Å². The molecule has 1 saturated heterocycles. The van der Waals surface area contributed by atoms with E-state index in [-0.39, 0.29) is 0 Å². The molecule has 2 heterocycles. The van der Waals surface area contributed by atoms with Crippen LogP contribution in [0.15, 0.2) is 10.5 Å². The Hall–Kier alpha value is -0.510. The van der Waals surface area contributed by atoms with Gasteiger partial charge in [-0.05, 0) is 33.1 Å². The highest BCUT2D eigenvalue weighted by molar-refractivity contribution is 6.31. The molecule has 3 nitrogen and oxygen atoms in total. The average molecular weight is 243 g/mol. The number of nitrogens with one attached hydrogen (secondary N) is 1. The summed E-state index contributed by atoms with van der Waals surface area (Å²) in [5, 5.41) is 3.91. The van der Waals surface area contributed by atoms with Crippen LogP contribution in [0.4, 0.5) is 0 Å². The highest BCUT2D eigenvalue weighted by Crippen LogP contribution is 2.33. The van der Waals surface area contributed by atoms with Crippen LogP contribution in [-0.2, 0) is 6.42 Å². The van der Waals surface area contributed by atoms with Gasteiger partial charge in [0.25, 0.3) is 0 Å². The molecule has 0 radical (unpaired) electrons. The van der Waals surface area contributed by atoms with Crippen LogP contribution in [-0.4, -0.2) is 38.6 Å². The van der Waals surface area contributed by atoms with E-state index in [0.29, 0.717) is 5.92 Å². The Labute approximate surface area is 102 Å². The zero-order chi connectivity index (χ0) is 11.5. The fourth-order valence-corrected chi connectivity index (χ4v) is 2.55. The van der Waals surface area contributed by atoms with E-state index in [9.17, 15) is 0 Å². The number of likely N-dealkylation sites (N-methyl/N-ethyl adjacent to an activating group) is 2. The zero-order valence-corrected chi connectivity index (χ0v) is 10.7. The Balaban J connectivity index is 2.06. The first-order valence-electron chi connectivity index (χ1n) is 5.82. The van der Waals surface area contributed by atoms with Crippen molar-refractivity contribution in [1.29, 1.82) is 0 Å². The van der Waals surface area contributed by atoms with Crippen LogP contribution in [0, 0.1) is 0 Å². The summed E-state index contributed by atoms with van der Waals surface area (Å²) in [6, 6.07) is 1.96. The number of rotatable bonds is 4. The maximum Gasteiger partial charge on any atom is 0.127 e. The lowest BCUT2D eigenvalue weighted by Crippen LogP contribution is -2.13. The van der Waals surface area contributed by atoms with Gasteiger partial charge in [-0.25, -0.2) is 0 Å². The number of furan rings is 1. The highest BCUT2D eigenvalue weighted by Gasteiger charge is 2.26. The van der Waals surface area contributed by atoms with E-state index in [1.807, 2.05) is 13.1 Å².